The zero-order valence-corrected chi connectivity index (χ0v) is 32.7. The van der Waals surface area contributed by atoms with E-state index in [1.54, 1.807) is 37.8 Å². The molecule has 8 atom stereocenters. The van der Waals surface area contributed by atoms with Gasteiger partial charge in [-0.15, -0.1) is 12.4 Å². The van der Waals surface area contributed by atoms with Gasteiger partial charge in [0.2, 0.25) is 0 Å². The maximum atomic E-state index is 13.9. The van der Waals surface area contributed by atoms with Crippen LogP contribution in [0.15, 0.2) is 23.4 Å². The summed E-state index contributed by atoms with van der Waals surface area (Å²) in [5, 5.41) is 17.4. The fraction of sp³-hybridized carbons (Fsp3) is 0.775. The molecule has 1 heterocycles. The second-order valence-corrected chi connectivity index (χ2v) is 18.8. The first kappa shape index (κ1) is 38.5. The third-order valence-electron chi connectivity index (χ3n) is 15.1. The highest BCUT2D eigenvalue weighted by molar-refractivity contribution is 6.03. The van der Waals surface area contributed by atoms with Crippen LogP contribution in [0.3, 0.4) is 0 Å². The number of carbonyl (C=O) groups is 4. The van der Waals surface area contributed by atoms with Crippen molar-refractivity contribution in [3.05, 3.63) is 29.1 Å². The minimum Gasteiger partial charge on any atom is -0.481 e. The van der Waals surface area contributed by atoms with Crippen molar-refractivity contribution in [3.63, 3.8) is 0 Å². The number of nitrogens with one attached hydrogen (secondary N) is 1. The minimum atomic E-state index is -1.17. The van der Waals surface area contributed by atoms with Crippen molar-refractivity contribution in [2.75, 3.05) is 0 Å². The van der Waals surface area contributed by atoms with Crippen molar-refractivity contribution < 1.29 is 29.0 Å². The Bertz CT molecular complexity index is 1610. The molecule has 0 bridgehead atoms. The molecular weight excluding hydrogens is 654 g/mol. The van der Waals surface area contributed by atoms with Crippen molar-refractivity contribution in [1.82, 2.24) is 15.1 Å². The van der Waals surface area contributed by atoms with Gasteiger partial charge < -0.3 is 15.2 Å². The third-order valence-corrected chi connectivity index (χ3v) is 15.1. The number of halogens is 1. The fourth-order valence-corrected chi connectivity index (χ4v) is 12.4. The van der Waals surface area contributed by atoms with E-state index in [4.69, 9.17) is 4.74 Å². The first-order valence-electron chi connectivity index (χ1n) is 18.7. The summed E-state index contributed by atoms with van der Waals surface area (Å²) in [6.45, 7) is 19.4. The summed E-state index contributed by atoms with van der Waals surface area (Å²) in [5.74, 6) is -0.337. The number of aryl methyl sites for hydroxylation is 1. The number of hydrogen-bond donors (Lipinski definition) is 2. The highest BCUT2D eigenvalue weighted by Gasteiger charge is 2.70. The number of hydrogen-bond acceptors (Lipinski definition) is 6. The number of carboxylic acids is 1. The molecule has 0 spiro atoms. The van der Waals surface area contributed by atoms with Crippen LogP contribution >= 0.6 is 12.4 Å². The number of rotatable bonds is 7. The maximum absolute atomic E-state index is 13.9. The summed E-state index contributed by atoms with van der Waals surface area (Å²) in [4.78, 5) is 52.3. The number of ketones is 1. The zero-order valence-electron chi connectivity index (χ0n) is 31.9. The van der Waals surface area contributed by atoms with Gasteiger partial charge in [0.1, 0.15) is 11.8 Å². The highest BCUT2D eigenvalue weighted by atomic mass is 35.5. The predicted octanol–water partition coefficient (Wildman–Crippen LogP) is 7.72. The van der Waals surface area contributed by atoms with Gasteiger partial charge in [0, 0.05) is 25.1 Å². The molecule has 5 aliphatic rings. The van der Waals surface area contributed by atoms with Crippen LogP contribution in [0.5, 0.6) is 0 Å². The van der Waals surface area contributed by atoms with E-state index in [2.05, 4.69) is 58.9 Å². The van der Waals surface area contributed by atoms with Gasteiger partial charge in [-0.3, -0.25) is 23.9 Å². The van der Waals surface area contributed by atoms with E-state index >= 15 is 0 Å². The van der Waals surface area contributed by atoms with Crippen molar-refractivity contribution in [1.29, 1.82) is 0 Å². The van der Waals surface area contributed by atoms with Gasteiger partial charge >= 0.3 is 11.9 Å². The van der Waals surface area contributed by atoms with Crippen LogP contribution in [-0.4, -0.2) is 50.2 Å². The summed E-state index contributed by atoms with van der Waals surface area (Å²) in [6.07, 6.45) is 9.28. The number of carbonyl (C=O) groups excluding carboxylic acids is 3. The Morgan fingerprint density at radius 1 is 1.00 bits per heavy atom. The molecule has 2 N–H and O–H groups in total. The van der Waals surface area contributed by atoms with E-state index < -0.39 is 22.9 Å². The predicted molar refractivity (Wildman–Crippen MR) is 194 cm³/mol. The monoisotopic (exact) mass is 713 g/mol. The molecule has 278 valence electrons. The highest BCUT2D eigenvalue weighted by Crippen LogP contribution is 2.76. The van der Waals surface area contributed by atoms with E-state index in [9.17, 15) is 24.3 Å². The quantitative estimate of drug-likeness (QED) is 0.277. The normalized spacial score (nSPS) is 37.5. The lowest BCUT2D eigenvalue weighted by Crippen LogP contribution is -2.67. The largest absolute Gasteiger partial charge is 0.481 e. The number of Topliss-reactive ketones (excluding diaryl/α,β-unsaturated/α-hetero) is 1. The molecule has 6 rings (SSSR count). The Morgan fingerprint density at radius 2 is 1.68 bits per heavy atom. The molecule has 4 fully saturated rings. The van der Waals surface area contributed by atoms with Crippen LogP contribution in [0.1, 0.15) is 137 Å². The van der Waals surface area contributed by atoms with Crippen LogP contribution in [0.2, 0.25) is 0 Å². The number of allylic oxidation sites excluding steroid dienone is 1. The number of aliphatic carboxylic acids is 1. The molecule has 0 radical (unpaired) electrons. The Morgan fingerprint density at radius 3 is 2.28 bits per heavy atom. The van der Waals surface area contributed by atoms with Gasteiger partial charge in [0.25, 0.3) is 5.91 Å². The number of carboxylic acid groups (broad SMARTS) is 1. The molecule has 1 aromatic heterocycles. The molecule has 50 heavy (non-hydrogen) atoms. The average molecular weight is 714 g/mol. The Balaban J connectivity index is 0.00000486. The average Bonchev–Trinajstić information content (AvgIpc) is 3.55. The smallest absolute Gasteiger partial charge is 0.309 e. The van der Waals surface area contributed by atoms with Crippen molar-refractivity contribution in [3.8, 4) is 0 Å². The molecule has 10 heteroatoms. The third kappa shape index (κ3) is 5.58. The molecule has 0 aliphatic heterocycles. The molecule has 9 nitrogen and oxygen atoms in total. The van der Waals surface area contributed by atoms with Gasteiger partial charge in [0.15, 0.2) is 5.78 Å². The number of esters is 1. The second kappa shape index (κ2) is 12.5. The van der Waals surface area contributed by atoms with Crippen LogP contribution in [0, 0.1) is 50.7 Å². The number of fused-ring (bicyclic) bond motifs is 7. The second-order valence-electron chi connectivity index (χ2n) is 18.8. The number of aromatic nitrogens is 2. The number of ether oxygens (including phenoxy) is 1. The summed E-state index contributed by atoms with van der Waals surface area (Å²) in [6, 6.07) is 1.74. The van der Waals surface area contributed by atoms with Gasteiger partial charge in [-0.05, 0) is 122 Å². The van der Waals surface area contributed by atoms with Gasteiger partial charge in [-0.1, -0.05) is 48.5 Å². The summed E-state index contributed by atoms with van der Waals surface area (Å²) < 4.78 is 7.78. The van der Waals surface area contributed by atoms with Crippen molar-refractivity contribution in [2.24, 2.45) is 57.8 Å². The van der Waals surface area contributed by atoms with Gasteiger partial charge in [-0.2, -0.15) is 5.10 Å². The molecule has 1 aromatic rings. The van der Waals surface area contributed by atoms with E-state index in [-0.39, 0.29) is 70.1 Å². The molecule has 0 unspecified atom stereocenters. The van der Waals surface area contributed by atoms with E-state index in [0.717, 1.165) is 56.9 Å². The fourth-order valence-electron chi connectivity index (χ4n) is 12.4. The van der Waals surface area contributed by atoms with E-state index in [1.807, 2.05) is 0 Å². The van der Waals surface area contributed by atoms with E-state index in [0.29, 0.717) is 24.0 Å². The van der Waals surface area contributed by atoms with Crippen molar-refractivity contribution >= 4 is 36.0 Å². The first-order valence-corrected chi connectivity index (χ1v) is 18.7. The first-order chi connectivity index (χ1) is 22.6. The van der Waals surface area contributed by atoms with Gasteiger partial charge in [0.05, 0.1) is 17.4 Å². The molecule has 0 saturated heterocycles. The van der Waals surface area contributed by atoms with Crippen LogP contribution in [0.25, 0.3) is 0 Å². The SMILES string of the molecule is CC(C)C1=C2[C@H]3CC[C@@H]4[C@@]5(C)CC[C@H](OC(=O)CC(C)(C)C(=O)O)C(C)(C)[C@@H]5CC[C@@]4(C)[C@]3(C)CC[C@@]2(NC(=O)c2ccn(C)n2)CC1=O.Cl. The summed E-state index contributed by atoms with van der Waals surface area (Å²) in [5.41, 5.74) is 0.479. The lowest BCUT2D eigenvalue weighted by molar-refractivity contribution is -0.232. The number of nitrogens with zero attached hydrogens (tertiary/aromatic N) is 2. The molecule has 1 amide bonds. The Kier molecular flexibility index (Phi) is 9.62. The lowest BCUT2D eigenvalue weighted by Gasteiger charge is -2.72. The van der Waals surface area contributed by atoms with E-state index in [1.165, 1.54) is 5.57 Å². The molecule has 5 aliphatic carbocycles. The summed E-state index contributed by atoms with van der Waals surface area (Å²) >= 11 is 0. The van der Waals surface area contributed by atoms with Crippen LogP contribution in [0.4, 0.5) is 0 Å². The van der Waals surface area contributed by atoms with Crippen LogP contribution in [-0.2, 0) is 26.2 Å². The summed E-state index contributed by atoms with van der Waals surface area (Å²) in [7, 11) is 1.81. The maximum Gasteiger partial charge on any atom is 0.309 e. The standard InChI is InChI=1S/C40H59N3O6.ClH/c1-23(2)31-26(44)21-40(41-33(46)25-15-20-43(10)42-25)19-18-38(8)24(32(31)40)11-12-28-37(7)16-14-29(49-30(45)22-35(3,4)34(47)48)36(5,6)27(37)13-17-39(28,38)9;/h15,20,23-24,27-29H,11-14,16-19,21-22H2,1-10H3,(H,41,46)(H,47,48);1H/t24-,27+,28-,29+,37+,38-,39-,40-;/m1./s1. The Labute approximate surface area is 304 Å². The lowest BCUT2D eigenvalue weighted by atomic mass is 9.33. The molecular formula is C40H60ClN3O6. The topological polar surface area (TPSA) is 128 Å². The molecule has 4 saturated carbocycles. The van der Waals surface area contributed by atoms with Gasteiger partial charge in [-0.25, -0.2) is 0 Å². The van der Waals surface area contributed by atoms with Crippen LogP contribution < -0.4 is 5.32 Å². The number of amides is 1. The Hall–Kier alpha value is -2.68. The molecule has 0 aromatic carbocycles. The minimum absolute atomic E-state index is 0. The van der Waals surface area contributed by atoms with Crippen molar-refractivity contribution in [2.45, 2.75) is 138 Å². The zero-order chi connectivity index (χ0) is 36.1.